The lowest BCUT2D eigenvalue weighted by molar-refractivity contribution is 0.185. The van der Waals surface area contributed by atoms with Crippen LogP contribution in [0.5, 0.6) is 0 Å². The smallest absolute Gasteiger partial charge is 0.205 e. The molecule has 5 heteroatoms. The van der Waals surface area contributed by atoms with E-state index in [1.165, 1.54) is 0 Å². The number of aromatic nitrogens is 2. The maximum absolute atomic E-state index is 9.19. The van der Waals surface area contributed by atoms with E-state index in [0.717, 1.165) is 16.8 Å². The Bertz CT molecular complexity index is 845. The number of hydrogen-bond donors (Lipinski definition) is 1. The minimum atomic E-state index is 0.358. The summed E-state index contributed by atoms with van der Waals surface area (Å²) in [5.74, 6) is 0.358. The number of methoxy groups -OCH3 is 1. The lowest BCUT2D eigenvalue weighted by Gasteiger charge is -2.12. The van der Waals surface area contributed by atoms with E-state index in [0.29, 0.717) is 23.6 Å². The van der Waals surface area contributed by atoms with Gasteiger partial charge < -0.3 is 10.5 Å². The Kier molecular flexibility index (Phi) is 3.30. The summed E-state index contributed by atoms with van der Waals surface area (Å²) in [5.41, 5.74) is 9.94. The van der Waals surface area contributed by atoms with Gasteiger partial charge in [0, 0.05) is 12.7 Å². The summed E-state index contributed by atoms with van der Waals surface area (Å²) in [6.45, 7) is 0.479. The minimum Gasteiger partial charge on any atom is -0.380 e. The van der Waals surface area contributed by atoms with Crippen LogP contribution in [0.15, 0.2) is 42.5 Å². The Labute approximate surface area is 122 Å². The molecular weight excluding hydrogens is 264 g/mol. The van der Waals surface area contributed by atoms with E-state index in [4.69, 9.17) is 10.5 Å². The Morgan fingerprint density at radius 2 is 2.05 bits per heavy atom. The molecule has 0 atom stereocenters. The SMILES string of the molecule is COCc1ccccc1-n1c(N)nc2c(C#N)cccc21. The molecule has 0 saturated heterocycles. The van der Waals surface area contributed by atoms with Crippen LogP contribution in [-0.2, 0) is 11.3 Å². The molecule has 0 aliphatic heterocycles. The van der Waals surface area contributed by atoms with E-state index in [1.807, 2.05) is 41.0 Å². The number of rotatable bonds is 3. The molecule has 0 radical (unpaired) electrons. The molecule has 0 amide bonds. The second-order valence-electron chi connectivity index (χ2n) is 4.65. The van der Waals surface area contributed by atoms with Crippen LogP contribution >= 0.6 is 0 Å². The van der Waals surface area contributed by atoms with Crippen molar-refractivity contribution >= 4 is 17.0 Å². The molecule has 1 aromatic heterocycles. The summed E-state index contributed by atoms with van der Waals surface area (Å²) in [4.78, 5) is 4.34. The number of anilines is 1. The summed E-state index contributed by atoms with van der Waals surface area (Å²) in [6.07, 6.45) is 0. The molecular formula is C16H14N4O. The number of nitrogens with zero attached hydrogens (tertiary/aromatic N) is 3. The van der Waals surface area contributed by atoms with E-state index in [1.54, 1.807) is 13.2 Å². The Morgan fingerprint density at radius 3 is 2.81 bits per heavy atom. The van der Waals surface area contributed by atoms with Crippen LogP contribution in [0.1, 0.15) is 11.1 Å². The lowest BCUT2D eigenvalue weighted by Crippen LogP contribution is -2.04. The Hall–Kier alpha value is -2.84. The van der Waals surface area contributed by atoms with Crippen LogP contribution < -0.4 is 5.73 Å². The van der Waals surface area contributed by atoms with Crippen molar-refractivity contribution in [3.8, 4) is 11.8 Å². The standard InChI is InChI=1S/C16H14N4O/c1-21-10-12-5-2-3-7-13(12)20-14-8-4-6-11(9-17)15(14)19-16(20)18/h2-8H,10H2,1H3,(H2,18,19). The first-order valence-electron chi connectivity index (χ1n) is 6.50. The number of nitrogens with two attached hydrogens (primary N) is 1. The van der Waals surface area contributed by atoms with Crippen LogP contribution in [0.3, 0.4) is 0 Å². The number of benzene rings is 2. The number of imidazole rings is 1. The van der Waals surface area contributed by atoms with Gasteiger partial charge in [0.1, 0.15) is 11.6 Å². The average molecular weight is 278 g/mol. The molecule has 2 aromatic carbocycles. The summed E-state index contributed by atoms with van der Waals surface area (Å²) in [5, 5.41) is 9.19. The van der Waals surface area contributed by atoms with E-state index >= 15 is 0 Å². The predicted molar refractivity (Wildman–Crippen MR) is 80.9 cm³/mol. The number of hydrogen-bond acceptors (Lipinski definition) is 4. The van der Waals surface area contributed by atoms with Crippen LogP contribution in [-0.4, -0.2) is 16.7 Å². The maximum Gasteiger partial charge on any atom is 0.205 e. The highest BCUT2D eigenvalue weighted by atomic mass is 16.5. The van der Waals surface area contributed by atoms with Gasteiger partial charge in [0.25, 0.3) is 0 Å². The van der Waals surface area contributed by atoms with Crippen LogP contribution in [0.2, 0.25) is 0 Å². The highest BCUT2D eigenvalue weighted by Gasteiger charge is 2.14. The van der Waals surface area contributed by atoms with Gasteiger partial charge in [-0.25, -0.2) is 4.98 Å². The van der Waals surface area contributed by atoms with Gasteiger partial charge in [0.05, 0.1) is 23.4 Å². The van der Waals surface area contributed by atoms with E-state index in [2.05, 4.69) is 11.1 Å². The fourth-order valence-electron chi connectivity index (χ4n) is 2.47. The molecule has 104 valence electrons. The number of ether oxygens (including phenoxy) is 1. The lowest BCUT2D eigenvalue weighted by atomic mass is 10.1. The molecule has 1 heterocycles. The first kappa shape index (κ1) is 13.2. The second kappa shape index (κ2) is 5.27. The molecule has 0 aliphatic rings. The summed E-state index contributed by atoms with van der Waals surface area (Å²) >= 11 is 0. The zero-order chi connectivity index (χ0) is 14.8. The fourth-order valence-corrected chi connectivity index (χ4v) is 2.47. The highest BCUT2D eigenvalue weighted by molar-refractivity contribution is 5.86. The first-order valence-corrected chi connectivity index (χ1v) is 6.50. The molecule has 0 aliphatic carbocycles. The third-order valence-corrected chi connectivity index (χ3v) is 3.36. The zero-order valence-corrected chi connectivity index (χ0v) is 11.6. The topological polar surface area (TPSA) is 76.9 Å². The van der Waals surface area contributed by atoms with Crippen molar-refractivity contribution in [3.05, 3.63) is 53.6 Å². The van der Waals surface area contributed by atoms with Gasteiger partial charge in [0.2, 0.25) is 5.95 Å². The number of para-hydroxylation sites is 2. The van der Waals surface area contributed by atoms with Crippen LogP contribution in [0.4, 0.5) is 5.95 Å². The first-order chi connectivity index (χ1) is 10.3. The molecule has 0 fully saturated rings. The molecule has 2 N–H and O–H groups in total. The van der Waals surface area contributed by atoms with Gasteiger partial charge in [-0.3, -0.25) is 4.57 Å². The molecule has 21 heavy (non-hydrogen) atoms. The molecule has 3 aromatic rings. The monoisotopic (exact) mass is 278 g/mol. The van der Waals surface area contributed by atoms with Gasteiger partial charge >= 0.3 is 0 Å². The predicted octanol–water partition coefficient (Wildman–Crippen LogP) is 2.63. The summed E-state index contributed by atoms with van der Waals surface area (Å²) < 4.78 is 7.09. The van der Waals surface area contributed by atoms with Crippen molar-refractivity contribution in [1.82, 2.24) is 9.55 Å². The Balaban J connectivity index is 2.32. The third-order valence-electron chi connectivity index (χ3n) is 3.36. The molecule has 0 saturated carbocycles. The largest absolute Gasteiger partial charge is 0.380 e. The molecule has 3 rings (SSSR count). The van der Waals surface area contributed by atoms with Gasteiger partial charge in [-0.05, 0) is 18.2 Å². The molecule has 5 nitrogen and oxygen atoms in total. The summed E-state index contributed by atoms with van der Waals surface area (Å²) in [6, 6.07) is 15.5. The van der Waals surface area contributed by atoms with E-state index in [9.17, 15) is 5.26 Å². The zero-order valence-electron chi connectivity index (χ0n) is 11.6. The van der Waals surface area contributed by atoms with Crippen LogP contribution in [0.25, 0.3) is 16.7 Å². The second-order valence-corrected chi connectivity index (χ2v) is 4.65. The average Bonchev–Trinajstić information content (AvgIpc) is 2.84. The van der Waals surface area contributed by atoms with Gasteiger partial charge in [-0.15, -0.1) is 0 Å². The number of fused-ring (bicyclic) bond motifs is 1. The fraction of sp³-hybridized carbons (Fsp3) is 0.125. The third kappa shape index (κ3) is 2.12. The minimum absolute atomic E-state index is 0.358. The number of nitriles is 1. The highest BCUT2D eigenvalue weighted by Crippen LogP contribution is 2.27. The quantitative estimate of drug-likeness (QED) is 0.799. The van der Waals surface area contributed by atoms with E-state index in [-0.39, 0.29) is 0 Å². The molecule has 0 bridgehead atoms. The van der Waals surface area contributed by atoms with Crippen molar-refractivity contribution < 1.29 is 4.74 Å². The van der Waals surface area contributed by atoms with Gasteiger partial charge in [-0.1, -0.05) is 24.3 Å². The Morgan fingerprint density at radius 1 is 1.24 bits per heavy atom. The van der Waals surface area contributed by atoms with Gasteiger partial charge in [0.15, 0.2) is 0 Å². The maximum atomic E-state index is 9.19. The van der Waals surface area contributed by atoms with Gasteiger partial charge in [-0.2, -0.15) is 5.26 Å². The normalized spacial score (nSPS) is 10.7. The molecule has 0 unspecified atom stereocenters. The van der Waals surface area contributed by atoms with Crippen molar-refractivity contribution in [3.63, 3.8) is 0 Å². The van der Waals surface area contributed by atoms with Crippen molar-refractivity contribution in [2.45, 2.75) is 6.61 Å². The summed E-state index contributed by atoms with van der Waals surface area (Å²) in [7, 11) is 1.65. The van der Waals surface area contributed by atoms with Crippen molar-refractivity contribution in [2.75, 3.05) is 12.8 Å². The number of nitrogen functional groups attached to an aromatic ring is 1. The van der Waals surface area contributed by atoms with Crippen LogP contribution in [0, 0.1) is 11.3 Å². The van der Waals surface area contributed by atoms with E-state index < -0.39 is 0 Å². The molecule has 0 spiro atoms. The van der Waals surface area contributed by atoms with Crippen molar-refractivity contribution in [2.24, 2.45) is 0 Å². The van der Waals surface area contributed by atoms with Crippen molar-refractivity contribution in [1.29, 1.82) is 5.26 Å².